The Morgan fingerprint density at radius 3 is 2.03 bits per heavy atom. The molecule has 3 amide bonds. The molecule has 0 heterocycles. The summed E-state index contributed by atoms with van der Waals surface area (Å²) in [6, 6.07) is 0. The Morgan fingerprint density at radius 1 is 0.871 bits per heavy atom. The molecule has 0 aromatic carbocycles. The minimum Gasteiger partial charge on any atom is -0.381 e. The summed E-state index contributed by atoms with van der Waals surface area (Å²) in [7, 11) is 1.71. The average Bonchev–Trinajstić information content (AvgIpc) is 2.78. The fourth-order valence-electron chi connectivity index (χ4n) is 2.31. The van der Waals surface area contributed by atoms with Crippen molar-refractivity contribution >= 4 is 18.7 Å². The zero-order valence-corrected chi connectivity index (χ0v) is 19.1. The molecule has 0 rings (SSSR count). The lowest BCUT2D eigenvalue weighted by atomic mass is 10.1. The van der Waals surface area contributed by atoms with Gasteiger partial charge < -0.3 is 19.1 Å². The fourth-order valence-corrected chi connectivity index (χ4v) is 2.31. The molecule has 0 bridgehead atoms. The Balaban J connectivity index is 3.72. The van der Waals surface area contributed by atoms with Gasteiger partial charge in [-0.3, -0.25) is 19.2 Å². The first-order valence-corrected chi connectivity index (χ1v) is 10.7. The van der Waals surface area contributed by atoms with Gasteiger partial charge in [-0.2, -0.15) is 5.06 Å². The van der Waals surface area contributed by atoms with Crippen molar-refractivity contribution in [2.45, 2.75) is 39.5 Å². The Hall–Kier alpha value is -2.07. The Bertz CT molecular complexity index is 538. The summed E-state index contributed by atoms with van der Waals surface area (Å²) in [5.41, 5.74) is 0.518. The van der Waals surface area contributed by atoms with Gasteiger partial charge in [0.2, 0.25) is 12.8 Å². The van der Waals surface area contributed by atoms with Crippen LogP contribution in [0, 0.1) is 0 Å². The number of hydrogen-bond donors (Lipinski definition) is 0. The highest BCUT2D eigenvalue weighted by Crippen LogP contribution is 2.09. The molecule has 0 saturated carbocycles. The molecule has 0 unspecified atom stereocenters. The number of carbonyl (C=O) groups excluding carboxylic acids is 3. The molecule has 0 saturated heterocycles. The third-order valence-electron chi connectivity index (χ3n) is 3.96. The molecule has 9 heteroatoms. The quantitative estimate of drug-likeness (QED) is 0.0883. The molecule has 0 atom stereocenters. The van der Waals surface area contributed by atoms with Gasteiger partial charge in [-0.1, -0.05) is 31.6 Å². The molecule has 0 N–H and O–H groups in total. The van der Waals surface area contributed by atoms with E-state index in [0.29, 0.717) is 58.0 Å². The van der Waals surface area contributed by atoms with Crippen LogP contribution in [0.3, 0.4) is 0 Å². The summed E-state index contributed by atoms with van der Waals surface area (Å²) in [6.07, 6.45) is 9.30. The molecule has 0 aliphatic carbocycles. The predicted molar refractivity (Wildman–Crippen MR) is 117 cm³/mol. The smallest absolute Gasteiger partial charge is 0.280 e. The highest BCUT2D eigenvalue weighted by molar-refractivity contribution is 5.98. The van der Waals surface area contributed by atoms with E-state index in [9.17, 15) is 14.4 Å². The van der Waals surface area contributed by atoms with E-state index >= 15 is 0 Å². The summed E-state index contributed by atoms with van der Waals surface area (Å²) in [5.74, 6) is -0.455. The lowest BCUT2D eigenvalue weighted by molar-refractivity contribution is -0.186. The number of likely N-dealkylation sites (N-methyl/N-ethyl adjacent to an activating group) is 1. The van der Waals surface area contributed by atoms with E-state index in [4.69, 9.17) is 19.0 Å². The second-order valence-electron chi connectivity index (χ2n) is 6.67. The van der Waals surface area contributed by atoms with Gasteiger partial charge in [0.1, 0.15) is 0 Å². The maximum atomic E-state index is 12.3. The van der Waals surface area contributed by atoms with E-state index in [1.807, 2.05) is 19.9 Å². The molecule has 0 aliphatic rings. The number of imide groups is 1. The first kappa shape index (κ1) is 28.9. The molecule has 9 nitrogen and oxygen atoms in total. The minimum absolute atomic E-state index is 0.102. The number of rotatable bonds is 21. The van der Waals surface area contributed by atoms with Crippen molar-refractivity contribution in [3.05, 3.63) is 23.8 Å². The SMILES string of the molecule is C/C=C\C=C(/CCC)C(=O)N(C=O)OCCOCCCOCCCOCCN(C)C=O. The number of hydroxylamine groups is 2. The molecule has 31 heavy (non-hydrogen) atoms. The zero-order chi connectivity index (χ0) is 23.2. The summed E-state index contributed by atoms with van der Waals surface area (Å²) in [6.45, 7) is 7.55. The maximum Gasteiger partial charge on any atom is 0.280 e. The number of amides is 3. The molecule has 178 valence electrons. The van der Waals surface area contributed by atoms with Crippen LogP contribution in [0.15, 0.2) is 23.8 Å². The number of ether oxygens (including phenoxy) is 3. The summed E-state index contributed by atoms with van der Waals surface area (Å²) in [5, 5.41) is 0.719. The normalized spacial score (nSPS) is 11.6. The topological polar surface area (TPSA) is 94.6 Å². The largest absolute Gasteiger partial charge is 0.381 e. The monoisotopic (exact) mass is 442 g/mol. The van der Waals surface area contributed by atoms with Crippen LogP contribution in [0.1, 0.15) is 39.5 Å². The Morgan fingerprint density at radius 2 is 1.48 bits per heavy atom. The van der Waals surface area contributed by atoms with E-state index in [1.165, 1.54) is 4.90 Å². The van der Waals surface area contributed by atoms with Crippen LogP contribution in [0.25, 0.3) is 0 Å². The molecule has 0 aromatic heterocycles. The van der Waals surface area contributed by atoms with Gasteiger partial charge in [0, 0.05) is 45.6 Å². The number of allylic oxidation sites excluding steroid dienone is 3. The van der Waals surface area contributed by atoms with Gasteiger partial charge in [0.15, 0.2) is 0 Å². The number of hydrogen-bond acceptors (Lipinski definition) is 7. The Labute approximate surface area is 185 Å². The molecule has 0 fully saturated rings. The molecule has 0 aliphatic heterocycles. The molecule has 0 aromatic rings. The second kappa shape index (κ2) is 21.2. The van der Waals surface area contributed by atoms with Crippen LogP contribution in [-0.4, -0.2) is 88.5 Å². The standard InChI is InChI=1S/C22H38N2O7/c1-4-6-10-21(9-5-2)22(27)24(20-26)31-18-17-30-15-8-13-28-12-7-14-29-16-11-23(3)19-25/h4,6,10,19-20H,5,7-9,11-18H2,1-3H3/b6-4-,21-10+. The summed E-state index contributed by atoms with van der Waals surface area (Å²) >= 11 is 0. The third-order valence-corrected chi connectivity index (χ3v) is 3.96. The van der Waals surface area contributed by atoms with Crippen LogP contribution in [0.5, 0.6) is 0 Å². The van der Waals surface area contributed by atoms with E-state index < -0.39 is 5.91 Å². The fraction of sp³-hybridized carbons (Fsp3) is 0.682. The van der Waals surface area contributed by atoms with Gasteiger partial charge in [-0.25, -0.2) is 0 Å². The first-order chi connectivity index (χ1) is 15.1. The van der Waals surface area contributed by atoms with Gasteiger partial charge in [0.05, 0.1) is 19.8 Å². The van der Waals surface area contributed by atoms with E-state index in [0.717, 1.165) is 30.7 Å². The van der Waals surface area contributed by atoms with Crippen molar-refractivity contribution < 1.29 is 33.4 Å². The van der Waals surface area contributed by atoms with Gasteiger partial charge >= 0.3 is 0 Å². The van der Waals surface area contributed by atoms with E-state index in [2.05, 4.69) is 0 Å². The molecular formula is C22H38N2O7. The minimum atomic E-state index is -0.455. The second-order valence-corrected chi connectivity index (χ2v) is 6.67. The van der Waals surface area contributed by atoms with Crippen LogP contribution in [0.2, 0.25) is 0 Å². The number of nitrogens with zero attached hydrogens (tertiary/aromatic N) is 2. The average molecular weight is 443 g/mol. The van der Waals surface area contributed by atoms with Crippen molar-refractivity contribution in [2.75, 3.05) is 59.8 Å². The van der Waals surface area contributed by atoms with Gasteiger partial charge in [0.25, 0.3) is 5.91 Å². The van der Waals surface area contributed by atoms with Crippen molar-refractivity contribution in [2.24, 2.45) is 0 Å². The maximum absolute atomic E-state index is 12.3. The van der Waals surface area contributed by atoms with Crippen molar-refractivity contribution in [3.8, 4) is 0 Å². The summed E-state index contributed by atoms with van der Waals surface area (Å²) in [4.78, 5) is 40.7. The van der Waals surface area contributed by atoms with Crippen molar-refractivity contribution in [3.63, 3.8) is 0 Å². The highest BCUT2D eigenvalue weighted by atomic mass is 16.7. The van der Waals surface area contributed by atoms with Crippen molar-refractivity contribution in [1.82, 2.24) is 9.96 Å². The lowest BCUT2D eigenvalue weighted by Crippen LogP contribution is -2.32. The third kappa shape index (κ3) is 16.3. The predicted octanol–water partition coefficient (Wildman–Crippen LogP) is 2.12. The number of carbonyl (C=O) groups is 3. The van der Waals surface area contributed by atoms with Crippen LogP contribution in [0.4, 0.5) is 0 Å². The van der Waals surface area contributed by atoms with E-state index in [1.54, 1.807) is 19.2 Å². The lowest BCUT2D eigenvalue weighted by Gasteiger charge is -2.16. The Kier molecular flexibility index (Phi) is 19.8. The molecule has 0 radical (unpaired) electrons. The van der Waals surface area contributed by atoms with Crippen LogP contribution < -0.4 is 0 Å². The molecular weight excluding hydrogens is 404 g/mol. The summed E-state index contributed by atoms with van der Waals surface area (Å²) < 4.78 is 16.3. The van der Waals surface area contributed by atoms with Gasteiger partial charge in [-0.15, -0.1) is 0 Å². The highest BCUT2D eigenvalue weighted by Gasteiger charge is 2.17. The van der Waals surface area contributed by atoms with E-state index in [-0.39, 0.29) is 13.2 Å². The zero-order valence-electron chi connectivity index (χ0n) is 19.1. The van der Waals surface area contributed by atoms with Crippen molar-refractivity contribution in [1.29, 1.82) is 0 Å². The molecule has 0 spiro atoms. The first-order valence-electron chi connectivity index (χ1n) is 10.7. The van der Waals surface area contributed by atoms with Crippen LogP contribution in [-0.2, 0) is 33.4 Å². The van der Waals surface area contributed by atoms with Crippen LogP contribution >= 0.6 is 0 Å². The van der Waals surface area contributed by atoms with Gasteiger partial charge in [-0.05, 0) is 26.2 Å².